The van der Waals surface area contributed by atoms with Crippen LogP contribution in [-0.4, -0.2) is 29.4 Å². The Morgan fingerprint density at radius 2 is 1.83 bits per heavy atom. The topological polar surface area (TPSA) is 51.6 Å². The Bertz CT molecular complexity index is 884. The molecule has 1 aromatic heterocycles. The van der Waals surface area contributed by atoms with E-state index in [0.29, 0.717) is 18.8 Å². The fourth-order valence-corrected chi connectivity index (χ4v) is 2.91. The summed E-state index contributed by atoms with van der Waals surface area (Å²) in [5.41, 5.74) is 2.75. The van der Waals surface area contributed by atoms with Crippen molar-refractivity contribution in [3.63, 3.8) is 0 Å². The Kier molecular flexibility index (Phi) is 7.59. The van der Waals surface area contributed by atoms with Crippen LogP contribution >= 0.6 is 0 Å². The van der Waals surface area contributed by atoms with Gasteiger partial charge in [-0.05, 0) is 66.3 Å². The van der Waals surface area contributed by atoms with Gasteiger partial charge >= 0.3 is 0 Å². The second kappa shape index (κ2) is 10.6. The molecule has 0 spiro atoms. The van der Waals surface area contributed by atoms with Gasteiger partial charge in [0, 0.05) is 12.4 Å². The van der Waals surface area contributed by atoms with Crippen molar-refractivity contribution < 1.29 is 19.0 Å². The molecule has 0 radical (unpaired) electrons. The second-order valence-electron chi connectivity index (χ2n) is 6.88. The SMILES string of the molecule is CCCOc1ccc(-c2ccc(OCC(O)CCc3cccnc3)cc2)cc1F. The number of aryl methyl sites for hydroxylation is 1. The predicted octanol–water partition coefficient (Wildman–Crippen LogP) is 5.05. The molecule has 3 rings (SSSR count). The number of aliphatic hydroxyl groups is 1. The van der Waals surface area contributed by atoms with Crippen molar-refractivity contribution >= 4 is 0 Å². The number of rotatable bonds is 10. The molecule has 5 heteroatoms. The summed E-state index contributed by atoms with van der Waals surface area (Å²) in [5, 5.41) is 10.1. The zero-order chi connectivity index (χ0) is 20.5. The van der Waals surface area contributed by atoms with Crippen molar-refractivity contribution in [3.8, 4) is 22.6 Å². The minimum absolute atomic E-state index is 0.220. The number of pyridine rings is 1. The number of aromatic nitrogens is 1. The maximum absolute atomic E-state index is 14.2. The maximum atomic E-state index is 14.2. The van der Waals surface area contributed by atoms with E-state index in [9.17, 15) is 9.50 Å². The van der Waals surface area contributed by atoms with Crippen LogP contribution in [0, 0.1) is 5.82 Å². The van der Waals surface area contributed by atoms with E-state index < -0.39 is 6.10 Å². The smallest absolute Gasteiger partial charge is 0.165 e. The monoisotopic (exact) mass is 395 g/mol. The standard InChI is InChI=1S/C24H26FNO3/c1-2-14-28-24-12-8-20(15-23(24)25)19-6-10-22(11-7-19)29-17-21(27)9-5-18-4-3-13-26-16-18/h3-4,6-8,10-13,15-16,21,27H,2,5,9,14,17H2,1H3. The molecule has 1 N–H and O–H groups in total. The lowest BCUT2D eigenvalue weighted by atomic mass is 10.1. The molecule has 29 heavy (non-hydrogen) atoms. The van der Waals surface area contributed by atoms with E-state index in [4.69, 9.17) is 9.47 Å². The first-order chi connectivity index (χ1) is 14.2. The molecule has 3 aromatic rings. The van der Waals surface area contributed by atoms with Crippen molar-refractivity contribution in [1.82, 2.24) is 4.98 Å². The minimum Gasteiger partial charge on any atom is -0.491 e. The Balaban J connectivity index is 1.51. The van der Waals surface area contributed by atoms with Gasteiger partial charge in [0.25, 0.3) is 0 Å². The summed E-state index contributed by atoms with van der Waals surface area (Å²) in [6, 6.07) is 16.2. The average Bonchev–Trinajstić information content (AvgIpc) is 2.76. The normalized spacial score (nSPS) is 11.8. The van der Waals surface area contributed by atoms with Crippen LogP contribution in [0.5, 0.6) is 11.5 Å². The highest BCUT2D eigenvalue weighted by atomic mass is 19.1. The van der Waals surface area contributed by atoms with Gasteiger partial charge in [0.05, 0.1) is 12.7 Å². The molecule has 2 aromatic carbocycles. The van der Waals surface area contributed by atoms with E-state index in [1.165, 1.54) is 6.07 Å². The van der Waals surface area contributed by atoms with E-state index in [1.54, 1.807) is 18.5 Å². The molecule has 0 aliphatic carbocycles. The number of ether oxygens (including phenoxy) is 2. The van der Waals surface area contributed by atoms with Crippen molar-refractivity contribution in [2.24, 2.45) is 0 Å². The maximum Gasteiger partial charge on any atom is 0.165 e. The lowest BCUT2D eigenvalue weighted by Crippen LogP contribution is -2.18. The summed E-state index contributed by atoms with van der Waals surface area (Å²) < 4.78 is 25.2. The highest BCUT2D eigenvalue weighted by Crippen LogP contribution is 2.27. The zero-order valence-corrected chi connectivity index (χ0v) is 16.6. The van der Waals surface area contributed by atoms with E-state index in [1.807, 2.05) is 49.4 Å². The largest absolute Gasteiger partial charge is 0.491 e. The summed E-state index contributed by atoms with van der Waals surface area (Å²) in [6.07, 6.45) is 5.17. The number of hydrogen-bond donors (Lipinski definition) is 1. The number of benzene rings is 2. The third kappa shape index (κ3) is 6.29. The summed E-state index contributed by atoms with van der Waals surface area (Å²) in [7, 11) is 0. The third-order valence-electron chi connectivity index (χ3n) is 4.51. The molecule has 0 aliphatic rings. The van der Waals surface area contributed by atoms with Crippen LogP contribution in [0.1, 0.15) is 25.3 Å². The van der Waals surface area contributed by atoms with E-state index in [0.717, 1.165) is 29.5 Å². The van der Waals surface area contributed by atoms with Gasteiger partial charge in [-0.1, -0.05) is 31.2 Å². The Morgan fingerprint density at radius 3 is 2.52 bits per heavy atom. The van der Waals surface area contributed by atoms with Gasteiger partial charge in [-0.25, -0.2) is 4.39 Å². The van der Waals surface area contributed by atoms with Crippen molar-refractivity contribution in [1.29, 1.82) is 0 Å². The fraction of sp³-hybridized carbons (Fsp3) is 0.292. The van der Waals surface area contributed by atoms with Crippen LogP contribution in [0.15, 0.2) is 67.0 Å². The highest BCUT2D eigenvalue weighted by Gasteiger charge is 2.08. The predicted molar refractivity (Wildman–Crippen MR) is 112 cm³/mol. The molecule has 4 nitrogen and oxygen atoms in total. The van der Waals surface area contributed by atoms with Crippen molar-refractivity contribution in [3.05, 3.63) is 78.4 Å². The summed E-state index contributed by atoms with van der Waals surface area (Å²) in [6.45, 7) is 2.70. The minimum atomic E-state index is -0.556. The molecule has 1 atom stereocenters. The summed E-state index contributed by atoms with van der Waals surface area (Å²) in [5.74, 6) is 0.571. The lowest BCUT2D eigenvalue weighted by molar-refractivity contribution is 0.100. The number of nitrogens with zero attached hydrogens (tertiary/aromatic N) is 1. The first-order valence-corrected chi connectivity index (χ1v) is 9.88. The first kappa shape index (κ1) is 20.8. The molecular formula is C24H26FNO3. The Hall–Kier alpha value is -2.92. The van der Waals surface area contributed by atoms with E-state index in [-0.39, 0.29) is 18.2 Å². The van der Waals surface area contributed by atoms with Crippen LogP contribution in [0.4, 0.5) is 4.39 Å². The fourth-order valence-electron chi connectivity index (χ4n) is 2.91. The molecule has 0 saturated carbocycles. The van der Waals surface area contributed by atoms with Gasteiger partial charge in [0.15, 0.2) is 11.6 Å². The average molecular weight is 395 g/mol. The molecule has 0 bridgehead atoms. The molecule has 1 heterocycles. The van der Waals surface area contributed by atoms with E-state index >= 15 is 0 Å². The molecule has 0 saturated heterocycles. The van der Waals surface area contributed by atoms with Gasteiger partial charge in [-0.3, -0.25) is 4.98 Å². The van der Waals surface area contributed by atoms with Crippen LogP contribution in [0.2, 0.25) is 0 Å². The molecule has 0 aliphatic heterocycles. The summed E-state index contributed by atoms with van der Waals surface area (Å²) in [4.78, 5) is 4.07. The Morgan fingerprint density at radius 1 is 1.03 bits per heavy atom. The number of aliphatic hydroxyl groups excluding tert-OH is 1. The Labute approximate surface area is 171 Å². The zero-order valence-electron chi connectivity index (χ0n) is 16.6. The molecule has 0 fully saturated rings. The van der Waals surface area contributed by atoms with Gasteiger partial charge < -0.3 is 14.6 Å². The molecule has 1 unspecified atom stereocenters. The van der Waals surface area contributed by atoms with Gasteiger partial charge in [0.2, 0.25) is 0 Å². The van der Waals surface area contributed by atoms with Crippen LogP contribution in [-0.2, 0) is 6.42 Å². The van der Waals surface area contributed by atoms with Crippen molar-refractivity contribution in [2.75, 3.05) is 13.2 Å². The lowest BCUT2D eigenvalue weighted by Gasteiger charge is -2.13. The third-order valence-corrected chi connectivity index (χ3v) is 4.51. The van der Waals surface area contributed by atoms with E-state index in [2.05, 4.69) is 4.98 Å². The van der Waals surface area contributed by atoms with Gasteiger partial charge in [-0.15, -0.1) is 0 Å². The highest BCUT2D eigenvalue weighted by molar-refractivity contribution is 5.65. The summed E-state index contributed by atoms with van der Waals surface area (Å²) >= 11 is 0. The van der Waals surface area contributed by atoms with Crippen LogP contribution < -0.4 is 9.47 Å². The first-order valence-electron chi connectivity index (χ1n) is 9.88. The van der Waals surface area contributed by atoms with Gasteiger partial charge in [0.1, 0.15) is 12.4 Å². The van der Waals surface area contributed by atoms with Crippen molar-refractivity contribution in [2.45, 2.75) is 32.3 Å². The molecule has 152 valence electrons. The molecule has 0 amide bonds. The quantitative estimate of drug-likeness (QED) is 0.522. The van der Waals surface area contributed by atoms with Gasteiger partial charge in [-0.2, -0.15) is 0 Å². The number of hydrogen-bond acceptors (Lipinski definition) is 4. The van der Waals surface area contributed by atoms with Crippen LogP contribution in [0.25, 0.3) is 11.1 Å². The number of halogens is 1. The second-order valence-corrected chi connectivity index (χ2v) is 6.88. The van der Waals surface area contributed by atoms with Crippen LogP contribution in [0.3, 0.4) is 0 Å². The molecular weight excluding hydrogens is 369 g/mol.